The molecule has 0 atom stereocenters. The Hall–Kier alpha value is -1.82. The lowest BCUT2D eigenvalue weighted by Gasteiger charge is -2.12. The van der Waals surface area contributed by atoms with Gasteiger partial charge in [0.05, 0.1) is 17.8 Å². The summed E-state index contributed by atoms with van der Waals surface area (Å²) in [5.41, 5.74) is 1.57. The summed E-state index contributed by atoms with van der Waals surface area (Å²) in [7, 11) is 1.81. The fourth-order valence-corrected chi connectivity index (χ4v) is 2.04. The van der Waals surface area contributed by atoms with Crippen molar-refractivity contribution in [2.75, 3.05) is 13.7 Å². The van der Waals surface area contributed by atoms with Crippen LogP contribution in [0, 0.1) is 0 Å². The molecule has 3 nitrogen and oxygen atoms in total. The summed E-state index contributed by atoms with van der Waals surface area (Å²) < 4.78 is 41.9. The van der Waals surface area contributed by atoms with E-state index in [-0.39, 0.29) is 13.0 Å². The second-order valence-corrected chi connectivity index (χ2v) is 4.73. The zero-order valence-electron chi connectivity index (χ0n) is 11.7. The van der Waals surface area contributed by atoms with E-state index in [2.05, 4.69) is 10.3 Å². The van der Waals surface area contributed by atoms with Crippen LogP contribution in [-0.2, 0) is 6.54 Å². The Labute approximate surface area is 121 Å². The van der Waals surface area contributed by atoms with E-state index in [0.717, 1.165) is 16.6 Å². The monoisotopic (exact) mass is 298 g/mol. The fraction of sp³-hybridized carbons (Fsp3) is 0.400. The number of rotatable bonds is 6. The third-order valence-electron chi connectivity index (χ3n) is 2.95. The topological polar surface area (TPSA) is 34.1 Å². The summed E-state index contributed by atoms with van der Waals surface area (Å²) in [6, 6.07) is 9.20. The number of aromatic nitrogens is 1. The molecule has 0 saturated carbocycles. The third-order valence-corrected chi connectivity index (χ3v) is 2.95. The molecule has 0 aliphatic rings. The van der Waals surface area contributed by atoms with E-state index >= 15 is 0 Å². The van der Waals surface area contributed by atoms with Crippen LogP contribution in [0.5, 0.6) is 5.75 Å². The maximum atomic E-state index is 12.1. The molecule has 0 radical (unpaired) electrons. The molecule has 0 aliphatic heterocycles. The minimum Gasteiger partial charge on any atom is -0.493 e. The van der Waals surface area contributed by atoms with Crippen LogP contribution in [-0.4, -0.2) is 24.8 Å². The molecule has 1 heterocycles. The lowest BCUT2D eigenvalue weighted by Crippen LogP contribution is -2.10. The van der Waals surface area contributed by atoms with Crippen LogP contribution in [0.4, 0.5) is 13.2 Å². The zero-order valence-corrected chi connectivity index (χ0v) is 11.7. The van der Waals surface area contributed by atoms with E-state index in [1.807, 2.05) is 24.3 Å². The standard InChI is InChI=1S/C15H17F3N2O/c1-19-10-11-9-14(21-8-4-7-15(16,17)18)12-5-2-3-6-13(12)20-11/h2-3,5-6,9,19H,4,7-8,10H2,1H3. The summed E-state index contributed by atoms with van der Waals surface area (Å²) in [5.74, 6) is 0.577. The Kier molecular flexibility index (Phi) is 5.01. The van der Waals surface area contributed by atoms with Crippen molar-refractivity contribution >= 4 is 10.9 Å². The number of alkyl halides is 3. The van der Waals surface area contributed by atoms with Gasteiger partial charge in [0.2, 0.25) is 0 Å². The average Bonchev–Trinajstić information content (AvgIpc) is 2.43. The van der Waals surface area contributed by atoms with Gasteiger partial charge in [0.1, 0.15) is 5.75 Å². The van der Waals surface area contributed by atoms with Crippen molar-refractivity contribution < 1.29 is 17.9 Å². The molecule has 0 fully saturated rings. The number of benzene rings is 1. The average molecular weight is 298 g/mol. The van der Waals surface area contributed by atoms with Gasteiger partial charge in [0.25, 0.3) is 0 Å². The first-order valence-electron chi connectivity index (χ1n) is 6.72. The van der Waals surface area contributed by atoms with Crippen molar-refractivity contribution in [3.05, 3.63) is 36.0 Å². The van der Waals surface area contributed by atoms with Gasteiger partial charge >= 0.3 is 6.18 Å². The quantitative estimate of drug-likeness (QED) is 0.826. The minimum atomic E-state index is -4.14. The lowest BCUT2D eigenvalue weighted by molar-refractivity contribution is -0.136. The van der Waals surface area contributed by atoms with Crippen LogP contribution in [0.2, 0.25) is 0 Å². The molecule has 2 aromatic rings. The largest absolute Gasteiger partial charge is 0.493 e. The highest BCUT2D eigenvalue weighted by molar-refractivity contribution is 5.85. The normalized spacial score (nSPS) is 11.8. The molecule has 0 unspecified atom stereocenters. The Morgan fingerprint density at radius 3 is 2.71 bits per heavy atom. The molecule has 2 rings (SSSR count). The second-order valence-electron chi connectivity index (χ2n) is 4.73. The van der Waals surface area contributed by atoms with E-state index in [9.17, 15) is 13.2 Å². The number of hydrogen-bond donors (Lipinski definition) is 1. The summed E-state index contributed by atoms with van der Waals surface area (Å²) in [6.07, 6.45) is -5.03. The van der Waals surface area contributed by atoms with Crippen molar-refractivity contribution in [1.82, 2.24) is 10.3 Å². The van der Waals surface area contributed by atoms with Gasteiger partial charge in [-0.3, -0.25) is 4.98 Å². The Bertz CT molecular complexity index is 599. The van der Waals surface area contributed by atoms with Gasteiger partial charge in [-0.1, -0.05) is 12.1 Å². The fourth-order valence-electron chi connectivity index (χ4n) is 2.04. The van der Waals surface area contributed by atoms with Crippen LogP contribution in [0.25, 0.3) is 10.9 Å². The van der Waals surface area contributed by atoms with Crippen LogP contribution in [0.3, 0.4) is 0 Å². The van der Waals surface area contributed by atoms with Gasteiger partial charge in [-0.05, 0) is 25.6 Å². The maximum Gasteiger partial charge on any atom is 0.389 e. The van der Waals surface area contributed by atoms with E-state index in [1.165, 1.54) is 0 Å². The molecule has 1 aromatic heterocycles. The van der Waals surface area contributed by atoms with Gasteiger partial charge in [0.15, 0.2) is 0 Å². The van der Waals surface area contributed by atoms with E-state index in [0.29, 0.717) is 12.3 Å². The molecular weight excluding hydrogens is 281 g/mol. The first kappa shape index (κ1) is 15.6. The van der Waals surface area contributed by atoms with Gasteiger partial charge in [-0.15, -0.1) is 0 Å². The van der Waals surface area contributed by atoms with Crippen molar-refractivity contribution in [1.29, 1.82) is 0 Å². The molecule has 0 amide bonds. The van der Waals surface area contributed by atoms with Crippen LogP contribution in [0.1, 0.15) is 18.5 Å². The first-order chi connectivity index (χ1) is 9.99. The molecular formula is C15H17F3N2O. The predicted molar refractivity (Wildman–Crippen MR) is 75.3 cm³/mol. The summed E-state index contributed by atoms with van der Waals surface area (Å²) in [6.45, 7) is 0.607. The predicted octanol–water partition coefficient (Wildman–Crippen LogP) is 3.68. The molecule has 114 valence electrons. The van der Waals surface area contributed by atoms with Crippen LogP contribution >= 0.6 is 0 Å². The molecule has 1 N–H and O–H groups in total. The number of fused-ring (bicyclic) bond motifs is 1. The Morgan fingerprint density at radius 1 is 1.24 bits per heavy atom. The number of nitrogens with one attached hydrogen (secondary N) is 1. The van der Waals surface area contributed by atoms with Crippen LogP contribution in [0.15, 0.2) is 30.3 Å². The van der Waals surface area contributed by atoms with E-state index < -0.39 is 12.6 Å². The van der Waals surface area contributed by atoms with Crippen molar-refractivity contribution in [3.63, 3.8) is 0 Å². The third kappa shape index (κ3) is 4.60. The maximum absolute atomic E-state index is 12.1. The smallest absolute Gasteiger partial charge is 0.389 e. The molecule has 0 bridgehead atoms. The summed E-state index contributed by atoms with van der Waals surface area (Å²) in [5, 5.41) is 3.81. The first-order valence-corrected chi connectivity index (χ1v) is 6.72. The summed E-state index contributed by atoms with van der Waals surface area (Å²) in [4.78, 5) is 4.47. The number of ether oxygens (including phenoxy) is 1. The van der Waals surface area contributed by atoms with Crippen molar-refractivity contribution in [2.24, 2.45) is 0 Å². The minimum absolute atomic E-state index is 0.0342. The van der Waals surface area contributed by atoms with E-state index in [4.69, 9.17) is 4.74 Å². The Morgan fingerprint density at radius 2 is 2.00 bits per heavy atom. The van der Waals surface area contributed by atoms with Gasteiger partial charge < -0.3 is 10.1 Å². The number of hydrogen-bond acceptors (Lipinski definition) is 3. The number of nitrogens with zero attached hydrogens (tertiary/aromatic N) is 1. The highest BCUT2D eigenvalue weighted by Gasteiger charge is 2.26. The number of para-hydroxylation sites is 1. The molecule has 6 heteroatoms. The number of pyridine rings is 1. The Balaban J connectivity index is 2.13. The molecule has 21 heavy (non-hydrogen) atoms. The summed E-state index contributed by atoms with van der Waals surface area (Å²) >= 11 is 0. The SMILES string of the molecule is CNCc1cc(OCCCC(F)(F)F)c2ccccc2n1. The second kappa shape index (κ2) is 6.76. The van der Waals surface area contributed by atoms with Crippen molar-refractivity contribution in [2.45, 2.75) is 25.6 Å². The number of halogens is 3. The van der Waals surface area contributed by atoms with E-state index in [1.54, 1.807) is 13.1 Å². The highest BCUT2D eigenvalue weighted by atomic mass is 19.4. The molecule has 0 saturated heterocycles. The van der Waals surface area contributed by atoms with Gasteiger partial charge in [0, 0.05) is 24.4 Å². The van der Waals surface area contributed by atoms with Crippen LogP contribution < -0.4 is 10.1 Å². The highest BCUT2D eigenvalue weighted by Crippen LogP contribution is 2.26. The molecule has 0 spiro atoms. The lowest BCUT2D eigenvalue weighted by atomic mass is 10.2. The zero-order chi connectivity index (χ0) is 15.3. The molecule has 0 aliphatic carbocycles. The van der Waals surface area contributed by atoms with Gasteiger partial charge in [-0.2, -0.15) is 13.2 Å². The van der Waals surface area contributed by atoms with Crippen molar-refractivity contribution in [3.8, 4) is 5.75 Å². The molecule has 1 aromatic carbocycles. The van der Waals surface area contributed by atoms with Gasteiger partial charge in [-0.25, -0.2) is 0 Å².